The number of nitrogens with one attached hydrogen (secondary N) is 1. The molecule has 1 saturated carbocycles. The van der Waals surface area contributed by atoms with Gasteiger partial charge in [0.05, 0.1) is 28.0 Å². The molecule has 6 rings (SSSR count). The predicted octanol–water partition coefficient (Wildman–Crippen LogP) is 5.62. The van der Waals surface area contributed by atoms with Gasteiger partial charge in [-0.15, -0.1) is 11.3 Å². The van der Waals surface area contributed by atoms with Crippen molar-refractivity contribution in [2.24, 2.45) is 0 Å². The van der Waals surface area contributed by atoms with Gasteiger partial charge < -0.3 is 10.2 Å². The number of alkyl halides is 3. The largest absolute Gasteiger partial charge is 0.405 e. The maximum Gasteiger partial charge on any atom is 0.405 e. The Balaban J connectivity index is 1.41. The molecule has 2 aromatic heterocycles. The maximum absolute atomic E-state index is 13.9. The lowest BCUT2D eigenvalue weighted by atomic mass is 9.87. The van der Waals surface area contributed by atoms with Crippen LogP contribution < -0.4 is 10.2 Å². The highest BCUT2D eigenvalue weighted by molar-refractivity contribution is 7.16. The number of aromatic nitrogens is 3. The molecule has 1 aliphatic heterocycles. The molecule has 6 nitrogen and oxygen atoms in total. The number of thiazole rings is 1. The number of fused-ring (bicyclic) bond motifs is 2. The van der Waals surface area contributed by atoms with E-state index in [4.69, 9.17) is 0 Å². The number of amides is 1. The fraction of sp³-hybridized carbons (Fsp3) is 0.280. The number of anilines is 2. The molecule has 10 heteroatoms. The van der Waals surface area contributed by atoms with Crippen LogP contribution in [0.2, 0.25) is 0 Å². The summed E-state index contributed by atoms with van der Waals surface area (Å²) in [6.45, 7) is -1.02. The molecule has 0 radical (unpaired) electrons. The number of hydrogen-bond donors (Lipinski definition) is 1. The zero-order valence-electron chi connectivity index (χ0n) is 18.4. The second-order valence-corrected chi connectivity index (χ2v) is 9.76. The summed E-state index contributed by atoms with van der Waals surface area (Å²) in [5, 5.41) is 2.24. The molecule has 35 heavy (non-hydrogen) atoms. The summed E-state index contributed by atoms with van der Waals surface area (Å²) in [4.78, 5) is 28.3. The number of carbonyl (C=O) groups is 1. The van der Waals surface area contributed by atoms with Crippen molar-refractivity contribution in [3.8, 4) is 0 Å². The minimum absolute atomic E-state index is 0.145. The number of carbonyl (C=O) groups excluding carboxylic acids is 1. The Morgan fingerprint density at radius 3 is 2.57 bits per heavy atom. The van der Waals surface area contributed by atoms with Crippen LogP contribution in [0.1, 0.15) is 47.1 Å². The van der Waals surface area contributed by atoms with Crippen molar-refractivity contribution in [2.45, 2.75) is 37.4 Å². The Morgan fingerprint density at radius 2 is 1.83 bits per heavy atom. The van der Waals surface area contributed by atoms with Crippen molar-refractivity contribution < 1.29 is 18.0 Å². The Morgan fingerprint density at radius 1 is 1.06 bits per heavy atom. The molecule has 2 aromatic carbocycles. The lowest BCUT2D eigenvalue weighted by Gasteiger charge is -2.34. The fourth-order valence-electron chi connectivity index (χ4n) is 4.49. The van der Waals surface area contributed by atoms with Gasteiger partial charge in [-0.2, -0.15) is 13.2 Å². The normalized spacial score (nSPS) is 18.1. The number of rotatable bonds is 5. The van der Waals surface area contributed by atoms with Crippen LogP contribution in [-0.2, 0) is 11.3 Å². The molecule has 1 unspecified atom stereocenters. The molecule has 1 amide bonds. The topological polar surface area (TPSA) is 71.0 Å². The van der Waals surface area contributed by atoms with Gasteiger partial charge in [0, 0.05) is 17.4 Å². The van der Waals surface area contributed by atoms with Crippen LogP contribution in [0, 0.1) is 0 Å². The minimum atomic E-state index is -4.40. The molecule has 1 fully saturated rings. The molecule has 1 N–H and O–H groups in total. The zero-order chi connectivity index (χ0) is 24.2. The second-order valence-electron chi connectivity index (χ2n) is 8.88. The van der Waals surface area contributed by atoms with Crippen LogP contribution >= 0.6 is 11.3 Å². The van der Waals surface area contributed by atoms with E-state index in [0.29, 0.717) is 17.2 Å². The quantitative estimate of drug-likeness (QED) is 0.389. The van der Waals surface area contributed by atoms with E-state index in [1.807, 2.05) is 42.5 Å². The zero-order valence-corrected chi connectivity index (χ0v) is 19.2. The third kappa shape index (κ3) is 4.34. The van der Waals surface area contributed by atoms with Crippen molar-refractivity contribution >= 4 is 39.1 Å². The third-order valence-corrected chi connectivity index (χ3v) is 7.20. The molecule has 0 bridgehead atoms. The van der Waals surface area contributed by atoms with Gasteiger partial charge in [0.1, 0.15) is 12.5 Å². The van der Waals surface area contributed by atoms with E-state index >= 15 is 0 Å². The Hall–Kier alpha value is -3.53. The second kappa shape index (κ2) is 8.30. The SMILES string of the molecule is O=C1C(c2ccc(C3CC3)cc2)c2nc(NCC(F)(F)F)ncc2CN1c1ccc2ncsc2c1. The summed E-state index contributed by atoms with van der Waals surface area (Å²) in [7, 11) is 0. The lowest BCUT2D eigenvalue weighted by molar-refractivity contribution is -0.120. The average molecular weight is 496 g/mol. The van der Waals surface area contributed by atoms with Crippen molar-refractivity contribution in [3.05, 3.63) is 76.6 Å². The molecule has 0 spiro atoms. The highest BCUT2D eigenvalue weighted by atomic mass is 32.1. The van der Waals surface area contributed by atoms with Crippen LogP contribution in [0.25, 0.3) is 10.2 Å². The van der Waals surface area contributed by atoms with Gasteiger partial charge in [-0.3, -0.25) is 4.79 Å². The van der Waals surface area contributed by atoms with Gasteiger partial charge in [-0.25, -0.2) is 15.0 Å². The molecule has 3 heterocycles. The van der Waals surface area contributed by atoms with Gasteiger partial charge in [-0.1, -0.05) is 24.3 Å². The molecular weight excluding hydrogens is 475 g/mol. The van der Waals surface area contributed by atoms with E-state index in [1.54, 1.807) is 10.4 Å². The Labute approximate surface area is 202 Å². The van der Waals surface area contributed by atoms with Crippen LogP contribution in [0.5, 0.6) is 0 Å². The van der Waals surface area contributed by atoms with Gasteiger partial charge >= 0.3 is 6.18 Å². The summed E-state index contributed by atoms with van der Waals surface area (Å²) in [6.07, 6.45) is -0.559. The summed E-state index contributed by atoms with van der Waals surface area (Å²) < 4.78 is 39.2. The molecule has 0 saturated heterocycles. The van der Waals surface area contributed by atoms with Crippen molar-refractivity contribution in [1.82, 2.24) is 15.0 Å². The monoisotopic (exact) mass is 495 g/mol. The predicted molar refractivity (Wildman–Crippen MR) is 128 cm³/mol. The minimum Gasteiger partial charge on any atom is -0.345 e. The lowest BCUT2D eigenvalue weighted by Crippen LogP contribution is -2.40. The Bertz CT molecular complexity index is 1410. The van der Waals surface area contributed by atoms with E-state index in [-0.39, 0.29) is 18.4 Å². The highest BCUT2D eigenvalue weighted by Gasteiger charge is 2.37. The summed E-state index contributed by atoms with van der Waals surface area (Å²) >= 11 is 1.50. The molecule has 1 aliphatic carbocycles. The van der Waals surface area contributed by atoms with E-state index in [1.165, 1.54) is 35.9 Å². The Kier molecular flexibility index (Phi) is 5.21. The van der Waals surface area contributed by atoms with Crippen LogP contribution in [-0.4, -0.2) is 33.6 Å². The fourth-order valence-corrected chi connectivity index (χ4v) is 5.20. The first-order valence-electron chi connectivity index (χ1n) is 11.3. The number of hydrogen-bond acceptors (Lipinski definition) is 6. The molecule has 1 atom stereocenters. The first-order valence-corrected chi connectivity index (χ1v) is 12.1. The average Bonchev–Trinajstić information content (AvgIpc) is 3.59. The number of benzene rings is 2. The smallest absolute Gasteiger partial charge is 0.345 e. The first-order chi connectivity index (χ1) is 16.9. The highest BCUT2D eigenvalue weighted by Crippen LogP contribution is 2.42. The van der Waals surface area contributed by atoms with Gasteiger partial charge in [0.2, 0.25) is 11.9 Å². The number of nitrogens with zero attached hydrogens (tertiary/aromatic N) is 4. The van der Waals surface area contributed by atoms with Gasteiger partial charge in [-0.05, 0) is 48.1 Å². The van der Waals surface area contributed by atoms with Crippen LogP contribution in [0.15, 0.2) is 54.2 Å². The van der Waals surface area contributed by atoms with E-state index in [0.717, 1.165) is 21.5 Å². The summed E-state index contributed by atoms with van der Waals surface area (Å²) in [5.74, 6) is -0.505. The number of halogens is 3. The van der Waals surface area contributed by atoms with Crippen LogP contribution in [0.3, 0.4) is 0 Å². The third-order valence-electron chi connectivity index (χ3n) is 6.40. The van der Waals surface area contributed by atoms with Crippen molar-refractivity contribution in [2.75, 3.05) is 16.8 Å². The van der Waals surface area contributed by atoms with Gasteiger partial charge in [0.15, 0.2) is 0 Å². The van der Waals surface area contributed by atoms with E-state index < -0.39 is 18.6 Å². The van der Waals surface area contributed by atoms with E-state index in [9.17, 15) is 18.0 Å². The maximum atomic E-state index is 13.9. The van der Waals surface area contributed by atoms with Crippen molar-refractivity contribution in [3.63, 3.8) is 0 Å². The van der Waals surface area contributed by atoms with Crippen LogP contribution in [0.4, 0.5) is 24.8 Å². The molecular formula is C25H20F3N5OS. The summed E-state index contributed by atoms with van der Waals surface area (Å²) in [6, 6.07) is 13.6. The van der Waals surface area contributed by atoms with E-state index in [2.05, 4.69) is 20.3 Å². The molecule has 2 aliphatic rings. The van der Waals surface area contributed by atoms with Crippen molar-refractivity contribution in [1.29, 1.82) is 0 Å². The summed E-state index contributed by atoms with van der Waals surface area (Å²) in [5.41, 5.74) is 6.47. The molecule has 178 valence electrons. The first kappa shape index (κ1) is 22.0. The standard InChI is InChI=1S/C25H20F3N5OS/c26-25(27,28)12-30-24-29-10-17-11-33(18-7-8-19-20(9-18)35-13-31-19)23(34)21(22(17)32-24)16-5-3-15(4-6-16)14-1-2-14/h3-10,13-14,21H,1-2,11-12H2,(H,29,30,32). The van der Waals surface area contributed by atoms with Gasteiger partial charge in [0.25, 0.3) is 0 Å². The molecule has 4 aromatic rings.